The zero-order valence-corrected chi connectivity index (χ0v) is 14.2. The third-order valence-electron chi connectivity index (χ3n) is 4.19. The fourth-order valence-corrected chi connectivity index (χ4v) is 4.14. The van der Waals surface area contributed by atoms with Crippen LogP contribution < -0.4 is 4.74 Å². The first-order valence-corrected chi connectivity index (χ1v) is 9.16. The summed E-state index contributed by atoms with van der Waals surface area (Å²) in [6.07, 6.45) is -0.906. The Bertz CT molecular complexity index is 992. The highest BCUT2D eigenvalue weighted by atomic mass is 32.2. The summed E-state index contributed by atoms with van der Waals surface area (Å²) in [5.74, 6) is 1.01. The lowest BCUT2D eigenvalue weighted by atomic mass is 10.0. The zero-order valence-electron chi connectivity index (χ0n) is 13.4. The molecule has 7 heteroatoms. The molecule has 128 valence electrons. The molecule has 6 nitrogen and oxygen atoms in total. The number of rotatable bonds is 2. The van der Waals surface area contributed by atoms with Gasteiger partial charge in [-0.1, -0.05) is 29.8 Å². The molecule has 0 saturated carbocycles. The number of carbonyl (C=O) groups is 1. The van der Waals surface area contributed by atoms with E-state index in [0.29, 0.717) is 22.6 Å². The van der Waals surface area contributed by atoms with Gasteiger partial charge in [-0.25, -0.2) is 13.2 Å². The van der Waals surface area contributed by atoms with Crippen molar-refractivity contribution in [1.29, 1.82) is 0 Å². The Morgan fingerprint density at radius 2 is 1.76 bits per heavy atom. The molecule has 0 aliphatic carbocycles. The molecule has 0 saturated heterocycles. The SMILES string of the molecule is Cc1ccc(S(=O)(=O)N2CC3=C(OC2=O)c2ccccc2OC3)cc1. The maximum absolute atomic E-state index is 12.8. The third kappa shape index (κ3) is 2.56. The average Bonchev–Trinajstić information content (AvgIpc) is 2.61. The number of fused-ring (bicyclic) bond motifs is 2. The standard InChI is InChI=1S/C18H15NO5S/c1-12-6-8-14(9-7-12)25(21,22)19-10-13-11-23-16-5-3-2-4-15(16)17(13)24-18(19)20/h2-9H,10-11H2,1H3. The van der Waals surface area contributed by atoms with Crippen LogP contribution in [0.2, 0.25) is 0 Å². The molecule has 2 heterocycles. The van der Waals surface area contributed by atoms with Gasteiger partial charge in [0.1, 0.15) is 18.1 Å². The first-order chi connectivity index (χ1) is 12.0. The van der Waals surface area contributed by atoms with E-state index in [1.54, 1.807) is 30.3 Å². The highest BCUT2D eigenvalue weighted by molar-refractivity contribution is 7.89. The average molecular weight is 357 g/mol. The molecule has 1 amide bonds. The van der Waals surface area contributed by atoms with E-state index in [0.717, 1.165) is 9.87 Å². The highest BCUT2D eigenvalue weighted by Gasteiger charge is 2.39. The van der Waals surface area contributed by atoms with Crippen LogP contribution in [0.3, 0.4) is 0 Å². The van der Waals surface area contributed by atoms with Gasteiger partial charge in [0, 0.05) is 5.57 Å². The second kappa shape index (κ2) is 5.63. The number of carbonyl (C=O) groups excluding carboxylic acids is 1. The first-order valence-electron chi connectivity index (χ1n) is 7.72. The van der Waals surface area contributed by atoms with Crippen LogP contribution in [0.1, 0.15) is 11.1 Å². The second-order valence-corrected chi connectivity index (χ2v) is 7.77. The molecule has 25 heavy (non-hydrogen) atoms. The van der Waals surface area contributed by atoms with Crippen LogP contribution in [0, 0.1) is 6.92 Å². The Labute approximate surface area is 145 Å². The second-order valence-electron chi connectivity index (χ2n) is 5.91. The van der Waals surface area contributed by atoms with Crippen LogP contribution in [0.15, 0.2) is 59.0 Å². The first kappa shape index (κ1) is 15.7. The number of hydrogen-bond donors (Lipinski definition) is 0. The van der Waals surface area contributed by atoms with Gasteiger partial charge in [0.25, 0.3) is 10.0 Å². The number of nitrogens with zero attached hydrogens (tertiary/aromatic N) is 1. The van der Waals surface area contributed by atoms with Crippen molar-refractivity contribution in [2.24, 2.45) is 0 Å². The van der Waals surface area contributed by atoms with Crippen molar-refractivity contribution in [1.82, 2.24) is 4.31 Å². The van der Waals surface area contributed by atoms with Crippen LogP contribution in [0.25, 0.3) is 5.76 Å². The van der Waals surface area contributed by atoms with Gasteiger partial charge in [0.15, 0.2) is 0 Å². The number of hydrogen-bond acceptors (Lipinski definition) is 5. The normalized spacial score (nSPS) is 16.7. The van der Waals surface area contributed by atoms with Crippen LogP contribution >= 0.6 is 0 Å². The predicted octanol–water partition coefficient (Wildman–Crippen LogP) is 2.94. The van der Waals surface area contributed by atoms with Gasteiger partial charge in [0.2, 0.25) is 0 Å². The van der Waals surface area contributed by atoms with E-state index in [1.165, 1.54) is 12.1 Å². The molecule has 2 aliphatic heterocycles. The molecule has 0 fully saturated rings. The molecule has 0 radical (unpaired) electrons. The van der Waals surface area contributed by atoms with Crippen molar-refractivity contribution in [3.05, 3.63) is 65.2 Å². The number of ether oxygens (including phenoxy) is 2. The summed E-state index contributed by atoms with van der Waals surface area (Å²) in [6, 6.07) is 13.5. The molecule has 2 aromatic carbocycles. The molecule has 0 spiro atoms. The summed E-state index contributed by atoms with van der Waals surface area (Å²) in [5, 5.41) is 0. The van der Waals surface area contributed by atoms with E-state index in [2.05, 4.69) is 0 Å². The third-order valence-corrected chi connectivity index (χ3v) is 5.92. The van der Waals surface area contributed by atoms with Gasteiger partial charge in [0.05, 0.1) is 17.0 Å². The van der Waals surface area contributed by atoms with Crippen molar-refractivity contribution >= 4 is 21.9 Å². The zero-order chi connectivity index (χ0) is 17.6. The van der Waals surface area contributed by atoms with Gasteiger partial charge in [-0.15, -0.1) is 0 Å². The van der Waals surface area contributed by atoms with E-state index >= 15 is 0 Å². The Balaban J connectivity index is 1.72. The molecule has 4 rings (SSSR count). The summed E-state index contributed by atoms with van der Waals surface area (Å²) in [7, 11) is -3.99. The van der Waals surface area contributed by atoms with E-state index < -0.39 is 16.1 Å². The van der Waals surface area contributed by atoms with Crippen LogP contribution in [-0.4, -0.2) is 32.0 Å². The smallest absolute Gasteiger partial charge is 0.429 e. The monoisotopic (exact) mass is 357 g/mol. The minimum absolute atomic E-state index is 0.0521. The van der Waals surface area contributed by atoms with Crippen molar-refractivity contribution < 1.29 is 22.7 Å². The fraction of sp³-hybridized carbons (Fsp3) is 0.167. The lowest BCUT2D eigenvalue weighted by Gasteiger charge is -2.32. The van der Waals surface area contributed by atoms with Crippen molar-refractivity contribution in [3.63, 3.8) is 0 Å². The number of benzene rings is 2. The number of para-hydroxylation sites is 1. The van der Waals surface area contributed by atoms with Gasteiger partial charge >= 0.3 is 6.09 Å². The molecule has 0 unspecified atom stereocenters. The van der Waals surface area contributed by atoms with Gasteiger partial charge in [-0.2, -0.15) is 4.31 Å². The Kier molecular flexibility index (Phi) is 3.54. The Morgan fingerprint density at radius 1 is 1.04 bits per heavy atom. The van der Waals surface area contributed by atoms with E-state index in [9.17, 15) is 13.2 Å². The highest BCUT2D eigenvalue weighted by Crippen LogP contribution is 2.37. The predicted molar refractivity (Wildman–Crippen MR) is 90.4 cm³/mol. The molecule has 0 atom stereocenters. The molecule has 0 bridgehead atoms. The van der Waals surface area contributed by atoms with Crippen LogP contribution in [-0.2, 0) is 14.8 Å². The maximum atomic E-state index is 12.8. The van der Waals surface area contributed by atoms with Gasteiger partial charge < -0.3 is 9.47 Å². The number of sulfonamides is 1. The summed E-state index contributed by atoms with van der Waals surface area (Å²) in [4.78, 5) is 12.4. The van der Waals surface area contributed by atoms with Crippen LogP contribution in [0.4, 0.5) is 4.79 Å². The fourth-order valence-electron chi connectivity index (χ4n) is 2.84. The van der Waals surface area contributed by atoms with Crippen molar-refractivity contribution in [2.75, 3.05) is 13.2 Å². The summed E-state index contributed by atoms with van der Waals surface area (Å²) >= 11 is 0. The van der Waals surface area contributed by atoms with E-state index in [1.807, 2.05) is 13.0 Å². The lowest BCUT2D eigenvalue weighted by Crippen LogP contribution is -2.43. The minimum Gasteiger partial charge on any atom is -0.488 e. The molecular formula is C18H15NO5S. The summed E-state index contributed by atoms with van der Waals surface area (Å²) < 4.78 is 37.3. The molecule has 0 aromatic heterocycles. The number of amides is 1. The summed E-state index contributed by atoms with van der Waals surface area (Å²) in [5.41, 5.74) is 2.21. The quantitative estimate of drug-likeness (QED) is 0.826. The molecule has 2 aliphatic rings. The molecule has 0 N–H and O–H groups in total. The largest absolute Gasteiger partial charge is 0.488 e. The van der Waals surface area contributed by atoms with Crippen LogP contribution in [0.5, 0.6) is 5.75 Å². The van der Waals surface area contributed by atoms with Gasteiger partial charge in [-0.3, -0.25) is 0 Å². The maximum Gasteiger partial charge on any atom is 0.429 e. The topological polar surface area (TPSA) is 72.9 Å². The molecular weight excluding hydrogens is 342 g/mol. The van der Waals surface area contributed by atoms with Gasteiger partial charge in [-0.05, 0) is 31.2 Å². The lowest BCUT2D eigenvalue weighted by molar-refractivity contribution is 0.160. The molecule has 2 aromatic rings. The van der Waals surface area contributed by atoms with Crippen molar-refractivity contribution in [2.45, 2.75) is 11.8 Å². The van der Waals surface area contributed by atoms with E-state index in [4.69, 9.17) is 9.47 Å². The minimum atomic E-state index is -3.99. The summed E-state index contributed by atoms with van der Waals surface area (Å²) in [6.45, 7) is 1.96. The van der Waals surface area contributed by atoms with E-state index in [-0.39, 0.29) is 18.0 Å². The van der Waals surface area contributed by atoms with Crippen molar-refractivity contribution in [3.8, 4) is 5.75 Å². The Morgan fingerprint density at radius 3 is 2.52 bits per heavy atom. The number of aryl methyl sites for hydroxylation is 1. The Hall–Kier alpha value is -2.80.